The maximum atomic E-state index is 14.0. The lowest BCUT2D eigenvalue weighted by Gasteiger charge is -2.24. The number of ketones is 1. The van der Waals surface area contributed by atoms with E-state index in [1.807, 2.05) is 0 Å². The summed E-state index contributed by atoms with van der Waals surface area (Å²) in [5.74, 6) is -6.61. The summed E-state index contributed by atoms with van der Waals surface area (Å²) in [4.78, 5) is 33.7. The largest absolute Gasteiger partial charge is 0.471 e. The van der Waals surface area contributed by atoms with Gasteiger partial charge in [-0.25, -0.2) is 22.5 Å². The number of ether oxygens (including phenoxy) is 1. The first kappa shape index (κ1) is 37.9. The third-order valence-electron chi connectivity index (χ3n) is 8.83. The van der Waals surface area contributed by atoms with Crippen LogP contribution in [0.15, 0.2) is 35.9 Å². The topological polar surface area (TPSA) is 98.1 Å². The quantitative estimate of drug-likeness (QED) is 0.104. The highest BCUT2D eigenvalue weighted by molar-refractivity contribution is 6.00. The number of alkyl halides is 10. The van der Waals surface area contributed by atoms with Crippen molar-refractivity contribution < 1.29 is 58.2 Å². The van der Waals surface area contributed by atoms with E-state index in [1.165, 1.54) is 17.7 Å². The summed E-state index contributed by atoms with van der Waals surface area (Å²) in [6.07, 6.45) is -9.94. The predicted octanol–water partition coefficient (Wildman–Crippen LogP) is 8.68. The summed E-state index contributed by atoms with van der Waals surface area (Å²) in [5.41, 5.74) is -1.32. The number of hydrogen-bond acceptors (Lipinski definition) is 6. The number of allylic oxidation sites excluding steroid dienone is 2. The Hall–Kier alpha value is -4.38. The van der Waals surface area contributed by atoms with Crippen LogP contribution in [-0.4, -0.2) is 51.4 Å². The van der Waals surface area contributed by atoms with Gasteiger partial charge in [0.15, 0.2) is 18.0 Å². The standard InChI is InChI=1S/C33H33F10N5O3/c1-48-27-24(46-30(48)45-23-11-19(9-10-21(23)33(41,42)43)15-44-28(50)22-14-31(22,36)37)12-20(29(47-27)51-16-26(34)35)25(49)4-2-3-17-5-7-18(8-6-17)13-32(38,39)40/h9-13,17,22,26H,2-8,14-16H2,1H3,(H,44,50)(H,45,46). The zero-order valence-corrected chi connectivity index (χ0v) is 27.0. The number of pyridine rings is 1. The van der Waals surface area contributed by atoms with Gasteiger partial charge in [-0.2, -0.15) is 31.3 Å². The van der Waals surface area contributed by atoms with Gasteiger partial charge in [0.1, 0.15) is 11.4 Å². The average Bonchev–Trinajstić information content (AvgIpc) is 3.58. The van der Waals surface area contributed by atoms with Crippen LogP contribution in [0.3, 0.4) is 0 Å². The molecule has 2 aromatic heterocycles. The molecular formula is C33H33F10N5O3. The van der Waals surface area contributed by atoms with Crippen molar-refractivity contribution in [3.05, 3.63) is 52.6 Å². The van der Waals surface area contributed by atoms with Gasteiger partial charge in [0.25, 0.3) is 12.3 Å². The molecule has 0 aliphatic heterocycles. The summed E-state index contributed by atoms with van der Waals surface area (Å²) in [6, 6.07) is 4.12. The maximum Gasteiger partial charge on any atom is 0.418 e. The minimum Gasteiger partial charge on any atom is -0.471 e. The number of Topliss-reactive ketones (excluding diaryl/α,β-unsaturated/α-hetero) is 1. The van der Waals surface area contributed by atoms with Crippen LogP contribution in [0.4, 0.5) is 55.5 Å². The van der Waals surface area contributed by atoms with Gasteiger partial charge in [0, 0.05) is 32.5 Å². The van der Waals surface area contributed by atoms with E-state index >= 15 is 0 Å². The lowest BCUT2D eigenvalue weighted by Crippen LogP contribution is -2.26. The molecule has 2 aliphatic rings. The monoisotopic (exact) mass is 737 g/mol. The Kier molecular flexibility index (Phi) is 10.9. The molecule has 2 N–H and O–H groups in total. The third-order valence-corrected chi connectivity index (χ3v) is 8.83. The number of anilines is 2. The number of nitrogens with one attached hydrogen (secondary N) is 2. The third kappa shape index (κ3) is 9.70. The molecule has 0 spiro atoms. The van der Waals surface area contributed by atoms with E-state index in [0.29, 0.717) is 50.2 Å². The molecule has 5 rings (SSSR count). The molecule has 0 saturated heterocycles. The molecule has 18 heteroatoms. The van der Waals surface area contributed by atoms with Gasteiger partial charge < -0.3 is 15.4 Å². The predicted molar refractivity (Wildman–Crippen MR) is 164 cm³/mol. The van der Waals surface area contributed by atoms with Crippen LogP contribution in [-0.2, 0) is 24.6 Å². The second kappa shape index (κ2) is 14.7. The van der Waals surface area contributed by atoms with E-state index in [9.17, 15) is 53.5 Å². The number of halogens is 10. The molecule has 278 valence electrons. The zero-order valence-electron chi connectivity index (χ0n) is 27.0. The van der Waals surface area contributed by atoms with E-state index in [4.69, 9.17) is 4.74 Å². The fourth-order valence-electron chi connectivity index (χ4n) is 6.04. The molecule has 8 nitrogen and oxygen atoms in total. The molecule has 2 fully saturated rings. The Morgan fingerprint density at radius 3 is 2.37 bits per heavy atom. The molecule has 2 aliphatic carbocycles. The number of hydrogen-bond donors (Lipinski definition) is 2. The minimum atomic E-state index is -4.85. The first-order chi connectivity index (χ1) is 23.8. The summed E-state index contributed by atoms with van der Waals surface area (Å²) in [6.45, 7) is -1.44. The van der Waals surface area contributed by atoms with Crippen molar-refractivity contribution in [1.82, 2.24) is 19.9 Å². The summed E-state index contributed by atoms with van der Waals surface area (Å²) < 4.78 is 139. The number of amides is 1. The van der Waals surface area contributed by atoms with Crippen LogP contribution in [0.25, 0.3) is 11.2 Å². The number of fused-ring (bicyclic) bond motifs is 1. The van der Waals surface area contributed by atoms with Crippen molar-refractivity contribution in [2.45, 2.75) is 82.6 Å². The second-order valence-electron chi connectivity index (χ2n) is 12.7. The Morgan fingerprint density at radius 2 is 1.76 bits per heavy atom. The van der Waals surface area contributed by atoms with Gasteiger partial charge in [-0.15, -0.1) is 0 Å². The van der Waals surface area contributed by atoms with Crippen LogP contribution in [0.1, 0.15) is 72.9 Å². The number of rotatable bonds is 13. The molecule has 2 saturated carbocycles. The zero-order chi connectivity index (χ0) is 37.3. The summed E-state index contributed by atoms with van der Waals surface area (Å²) in [7, 11) is 1.37. The first-order valence-corrected chi connectivity index (χ1v) is 16.0. The molecule has 51 heavy (non-hydrogen) atoms. The fourth-order valence-corrected chi connectivity index (χ4v) is 6.04. The van der Waals surface area contributed by atoms with Crippen LogP contribution >= 0.6 is 0 Å². The molecule has 2 heterocycles. The van der Waals surface area contributed by atoms with Crippen molar-refractivity contribution in [3.8, 4) is 5.88 Å². The fraction of sp³-hybridized carbons (Fsp3) is 0.515. The smallest absolute Gasteiger partial charge is 0.418 e. The molecule has 1 unspecified atom stereocenters. The highest BCUT2D eigenvalue weighted by Crippen LogP contribution is 2.48. The molecule has 3 aromatic rings. The molecule has 1 atom stereocenters. The van der Waals surface area contributed by atoms with E-state index in [2.05, 4.69) is 20.6 Å². The van der Waals surface area contributed by atoms with Gasteiger partial charge >= 0.3 is 12.4 Å². The van der Waals surface area contributed by atoms with Gasteiger partial charge in [0.05, 0.1) is 16.8 Å². The Bertz CT molecular complexity index is 1790. The van der Waals surface area contributed by atoms with Crippen LogP contribution < -0.4 is 15.4 Å². The number of nitrogens with zero attached hydrogens (tertiary/aromatic N) is 3. The average molecular weight is 738 g/mol. The maximum absolute atomic E-state index is 14.0. The molecule has 0 radical (unpaired) electrons. The Balaban J connectivity index is 1.33. The number of aromatic nitrogens is 3. The second-order valence-corrected chi connectivity index (χ2v) is 12.7. The van der Waals surface area contributed by atoms with E-state index in [0.717, 1.165) is 18.2 Å². The van der Waals surface area contributed by atoms with Gasteiger partial charge in [-0.3, -0.25) is 14.2 Å². The summed E-state index contributed by atoms with van der Waals surface area (Å²) >= 11 is 0. The molecule has 1 amide bonds. The Labute approximate surface area is 284 Å². The van der Waals surface area contributed by atoms with Crippen molar-refractivity contribution in [2.75, 3.05) is 11.9 Å². The van der Waals surface area contributed by atoms with E-state index in [1.54, 1.807) is 0 Å². The highest BCUT2D eigenvalue weighted by atomic mass is 19.4. The van der Waals surface area contributed by atoms with Crippen molar-refractivity contribution >= 4 is 34.5 Å². The Morgan fingerprint density at radius 1 is 1.08 bits per heavy atom. The first-order valence-electron chi connectivity index (χ1n) is 16.0. The summed E-state index contributed by atoms with van der Waals surface area (Å²) in [5, 5.41) is 4.85. The van der Waals surface area contributed by atoms with Gasteiger partial charge in [0.2, 0.25) is 17.7 Å². The van der Waals surface area contributed by atoms with E-state index in [-0.39, 0.29) is 47.1 Å². The lowest BCUT2D eigenvalue weighted by molar-refractivity contribution is -0.137. The minimum absolute atomic E-state index is 0.0198. The molecular weight excluding hydrogens is 704 g/mol. The highest BCUT2D eigenvalue weighted by Gasteiger charge is 2.61. The molecule has 1 aromatic carbocycles. The van der Waals surface area contributed by atoms with Crippen LogP contribution in [0, 0.1) is 11.8 Å². The van der Waals surface area contributed by atoms with Crippen molar-refractivity contribution in [1.29, 1.82) is 0 Å². The van der Waals surface area contributed by atoms with Crippen molar-refractivity contribution in [2.24, 2.45) is 18.9 Å². The SMILES string of the molecule is Cn1c(Nc2cc(CNC(=O)C3CC3(F)F)ccc2C(F)(F)F)nc2cc(C(=O)CCCC3CCC(=CC(F)(F)F)CC3)c(OCC(F)F)nc21. The number of carbonyl (C=O) groups is 2. The number of carbonyl (C=O) groups excluding carboxylic acids is 2. The number of benzene rings is 1. The lowest BCUT2D eigenvalue weighted by atomic mass is 9.82. The van der Waals surface area contributed by atoms with Crippen LogP contribution in [0.5, 0.6) is 5.88 Å². The van der Waals surface area contributed by atoms with Gasteiger partial charge in [-0.1, -0.05) is 11.6 Å². The van der Waals surface area contributed by atoms with Crippen LogP contribution in [0.2, 0.25) is 0 Å². The normalized spacial score (nSPS) is 18.9. The molecule has 0 bridgehead atoms. The van der Waals surface area contributed by atoms with E-state index < -0.39 is 72.5 Å². The van der Waals surface area contributed by atoms with Crippen molar-refractivity contribution in [3.63, 3.8) is 0 Å². The number of imidazole rings is 1. The number of aryl methyl sites for hydroxylation is 1. The van der Waals surface area contributed by atoms with Gasteiger partial charge in [-0.05, 0) is 68.2 Å².